The summed E-state index contributed by atoms with van der Waals surface area (Å²) in [6.45, 7) is 5.60. The second-order valence-corrected chi connectivity index (χ2v) is 4.02. The lowest BCUT2D eigenvalue weighted by molar-refractivity contribution is -0.129. The molecular weight excluding hydrogens is 204 g/mol. The zero-order valence-electron chi connectivity index (χ0n) is 10.4. The summed E-state index contributed by atoms with van der Waals surface area (Å²) in [5.74, 6) is 0.644. The van der Waals surface area contributed by atoms with Gasteiger partial charge in [-0.1, -0.05) is 0 Å². The van der Waals surface area contributed by atoms with Crippen LogP contribution in [0, 0.1) is 13.8 Å². The number of carbonyl (C=O) groups excluding carboxylic acids is 1. The smallest absolute Gasteiger partial charge is 0.244 e. The zero-order chi connectivity index (χ0) is 12.3. The normalized spacial score (nSPS) is 12.1. The summed E-state index contributed by atoms with van der Waals surface area (Å²) in [5, 5.41) is 3.03. The summed E-state index contributed by atoms with van der Waals surface area (Å²) in [4.78, 5) is 21.7. The Labute approximate surface area is 95.9 Å². The van der Waals surface area contributed by atoms with Crippen LogP contribution in [0.25, 0.3) is 0 Å². The third-order valence-electron chi connectivity index (χ3n) is 2.37. The lowest BCUT2D eigenvalue weighted by atomic mass is 10.3. The Morgan fingerprint density at radius 2 is 2.00 bits per heavy atom. The summed E-state index contributed by atoms with van der Waals surface area (Å²) in [7, 11) is 3.46. The highest BCUT2D eigenvalue weighted by Gasteiger charge is 2.15. The number of hydrogen-bond acceptors (Lipinski definition) is 4. The fraction of sp³-hybridized carbons (Fsp3) is 0.545. The van der Waals surface area contributed by atoms with Gasteiger partial charge in [0, 0.05) is 14.1 Å². The van der Waals surface area contributed by atoms with Crippen molar-refractivity contribution in [2.75, 3.05) is 19.4 Å². The molecule has 0 saturated heterocycles. The number of anilines is 1. The summed E-state index contributed by atoms with van der Waals surface area (Å²) >= 11 is 0. The number of likely N-dealkylation sites (N-methyl/N-ethyl adjacent to an activating group) is 1. The van der Waals surface area contributed by atoms with Crippen molar-refractivity contribution in [1.29, 1.82) is 0 Å². The van der Waals surface area contributed by atoms with Crippen LogP contribution >= 0.6 is 0 Å². The molecule has 16 heavy (non-hydrogen) atoms. The van der Waals surface area contributed by atoms with Crippen LogP contribution in [-0.2, 0) is 4.79 Å². The number of nitrogens with zero attached hydrogens (tertiary/aromatic N) is 3. The molecule has 1 aromatic rings. The zero-order valence-corrected chi connectivity index (χ0v) is 10.4. The topological polar surface area (TPSA) is 58.1 Å². The maximum Gasteiger partial charge on any atom is 0.244 e. The second-order valence-electron chi connectivity index (χ2n) is 4.02. The van der Waals surface area contributed by atoms with Gasteiger partial charge in [0.2, 0.25) is 5.91 Å². The average Bonchev–Trinajstić information content (AvgIpc) is 2.22. The van der Waals surface area contributed by atoms with Crippen molar-refractivity contribution in [1.82, 2.24) is 14.9 Å². The van der Waals surface area contributed by atoms with Crippen molar-refractivity contribution >= 4 is 11.7 Å². The molecule has 5 nitrogen and oxygen atoms in total. The van der Waals surface area contributed by atoms with Crippen LogP contribution in [0.1, 0.15) is 18.3 Å². The van der Waals surface area contributed by atoms with Crippen molar-refractivity contribution in [3.05, 3.63) is 17.6 Å². The predicted molar refractivity (Wildman–Crippen MR) is 63.3 cm³/mol. The van der Waals surface area contributed by atoms with Crippen LogP contribution in [0.4, 0.5) is 5.82 Å². The van der Waals surface area contributed by atoms with E-state index in [4.69, 9.17) is 0 Å². The van der Waals surface area contributed by atoms with E-state index in [0.717, 1.165) is 11.4 Å². The van der Waals surface area contributed by atoms with E-state index < -0.39 is 0 Å². The van der Waals surface area contributed by atoms with Gasteiger partial charge in [-0.25, -0.2) is 4.98 Å². The van der Waals surface area contributed by atoms with E-state index in [-0.39, 0.29) is 11.9 Å². The van der Waals surface area contributed by atoms with Gasteiger partial charge in [-0.3, -0.25) is 9.78 Å². The van der Waals surface area contributed by atoms with E-state index in [1.54, 1.807) is 32.1 Å². The molecule has 1 amide bonds. The molecule has 88 valence electrons. The predicted octanol–water partition coefficient (Wildman–Crippen LogP) is 0.982. The fourth-order valence-electron chi connectivity index (χ4n) is 1.28. The Bertz CT molecular complexity index is 390. The maximum absolute atomic E-state index is 11.6. The third-order valence-corrected chi connectivity index (χ3v) is 2.37. The summed E-state index contributed by atoms with van der Waals surface area (Å²) in [6.07, 6.45) is 1.64. The number of rotatable bonds is 3. The molecule has 0 aliphatic rings. The highest BCUT2D eigenvalue weighted by molar-refractivity contribution is 5.83. The van der Waals surface area contributed by atoms with Crippen molar-refractivity contribution in [2.24, 2.45) is 0 Å². The molecule has 0 saturated carbocycles. The van der Waals surface area contributed by atoms with Gasteiger partial charge in [0.1, 0.15) is 11.9 Å². The molecule has 0 fully saturated rings. The van der Waals surface area contributed by atoms with Crippen LogP contribution in [0.15, 0.2) is 6.20 Å². The largest absolute Gasteiger partial charge is 0.357 e. The summed E-state index contributed by atoms with van der Waals surface area (Å²) < 4.78 is 0. The van der Waals surface area contributed by atoms with Crippen molar-refractivity contribution < 1.29 is 4.79 Å². The quantitative estimate of drug-likeness (QED) is 0.828. The molecule has 0 bridgehead atoms. The lowest BCUT2D eigenvalue weighted by Crippen LogP contribution is -2.36. The monoisotopic (exact) mass is 222 g/mol. The molecule has 1 N–H and O–H groups in total. The van der Waals surface area contributed by atoms with Gasteiger partial charge >= 0.3 is 0 Å². The highest BCUT2D eigenvalue weighted by atomic mass is 16.2. The van der Waals surface area contributed by atoms with Gasteiger partial charge in [0.25, 0.3) is 0 Å². The van der Waals surface area contributed by atoms with Gasteiger partial charge < -0.3 is 10.2 Å². The van der Waals surface area contributed by atoms with Crippen molar-refractivity contribution in [2.45, 2.75) is 26.8 Å². The van der Waals surface area contributed by atoms with Gasteiger partial charge in [0.15, 0.2) is 0 Å². The minimum atomic E-state index is -0.300. The number of amides is 1. The Hall–Kier alpha value is -1.65. The van der Waals surface area contributed by atoms with E-state index in [1.165, 1.54) is 0 Å². The minimum Gasteiger partial charge on any atom is -0.357 e. The molecule has 1 heterocycles. The molecule has 0 aliphatic carbocycles. The highest BCUT2D eigenvalue weighted by Crippen LogP contribution is 2.07. The minimum absolute atomic E-state index is 0.0139. The lowest BCUT2D eigenvalue weighted by Gasteiger charge is -2.18. The first-order valence-corrected chi connectivity index (χ1v) is 5.19. The maximum atomic E-state index is 11.6. The molecule has 0 aliphatic heterocycles. The van der Waals surface area contributed by atoms with Gasteiger partial charge in [-0.15, -0.1) is 0 Å². The van der Waals surface area contributed by atoms with Crippen LogP contribution in [0.5, 0.6) is 0 Å². The number of nitrogens with one attached hydrogen (secondary N) is 1. The summed E-state index contributed by atoms with van der Waals surface area (Å²) in [6, 6.07) is -0.300. The SMILES string of the molecule is Cc1ncc(NC(C)C(=O)N(C)C)nc1C. The third kappa shape index (κ3) is 2.92. The number of aryl methyl sites for hydroxylation is 2. The van der Waals surface area contributed by atoms with Gasteiger partial charge in [-0.05, 0) is 20.8 Å². The Morgan fingerprint density at radius 3 is 2.50 bits per heavy atom. The van der Waals surface area contributed by atoms with E-state index in [9.17, 15) is 4.79 Å². The number of carbonyl (C=O) groups is 1. The number of hydrogen-bond donors (Lipinski definition) is 1. The van der Waals surface area contributed by atoms with Crippen LogP contribution in [0.3, 0.4) is 0 Å². The van der Waals surface area contributed by atoms with Crippen molar-refractivity contribution in [3.8, 4) is 0 Å². The van der Waals surface area contributed by atoms with Gasteiger partial charge in [0.05, 0.1) is 17.6 Å². The molecule has 1 atom stereocenters. The van der Waals surface area contributed by atoms with Crippen LogP contribution in [-0.4, -0.2) is 40.9 Å². The molecule has 1 rings (SSSR count). The van der Waals surface area contributed by atoms with Crippen LogP contribution in [0.2, 0.25) is 0 Å². The molecule has 0 radical (unpaired) electrons. The Morgan fingerprint density at radius 1 is 1.38 bits per heavy atom. The Kier molecular flexibility index (Phi) is 3.82. The average molecular weight is 222 g/mol. The fourth-order valence-corrected chi connectivity index (χ4v) is 1.28. The van der Waals surface area contributed by atoms with E-state index in [0.29, 0.717) is 5.82 Å². The van der Waals surface area contributed by atoms with Crippen LogP contribution < -0.4 is 5.32 Å². The molecular formula is C11H18N4O. The summed E-state index contributed by atoms with van der Waals surface area (Å²) in [5.41, 5.74) is 1.77. The van der Waals surface area contributed by atoms with E-state index in [2.05, 4.69) is 15.3 Å². The standard InChI is InChI=1S/C11H18N4O/c1-7-8(2)13-10(6-12-7)14-9(3)11(16)15(4)5/h6,9H,1-5H3,(H,13,14). The van der Waals surface area contributed by atoms with Crippen molar-refractivity contribution in [3.63, 3.8) is 0 Å². The van der Waals surface area contributed by atoms with Gasteiger partial charge in [-0.2, -0.15) is 0 Å². The number of aromatic nitrogens is 2. The van der Waals surface area contributed by atoms with E-state index in [1.807, 2.05) is 13.8 Å². The molecule has 0 aromatic carbocycles. The Balaban J connectivity index is 2.73. The van der Waals surface area contributed by atoms with E-state index >= 15 is 0 Å². The molecule has 1 unspecified atom stereocenters. The molecule has 1 aromatic heterocycles. The molecule has 5 heteroatoms. The first-order valence-electron chi connectivity index (χ1n) is 5.19. The second kappa shape index (κ2) is 4.92. The first kappa shape index (κ1) is 12.4. The molecule has 0 spiro atoms. The first-order chi connectivity index (χ1) is 7.41.